The van der Waals surface area contributed by atoms with E-state index >= 15 is 0 Å². The van der Waals surface area contributed by atoms with Crippen molar-refractivity contribution in [2.75, 3.05) is 0 Å². The van der Waals surface area contributed by atoms with Gasteiger partial charge >= 0.3 is 11.9 Å². The van der Waals surface area contributed by atoms with Crippen LogP contribution in [-0.4, -0.2) is 32.4 Å². The van der Waals surface area contributed by atoms with Gasteiger partial charge in [0.1, 0.15) is 0 Å². The fourth-order valence-electron chi connectivity index (χ4n) is 0.391. The van der Waals surface area contributed by atoms with Crippen LogP contribution in [-0.2, 0) is 9.59 Å². The first-order valence-corrected chi connectivity index (χ1v) is 5.45. The molecule has 0 spiro atoms. The summed E-state index contributed by atoms with van der Waals surface area (Å²) < 4.78 is 0. The Morgan fingerprint density at radius 3 is 1.54 bits per heavy atom. The molecule has 0 unspecified atom stereocenters. The number of rotatable bonds is 4. The summed E-state index contributed by atoms with van der Waals surface area (Å²) in [6.45, 7) is 4.46. The van der Waals surface area contributed by atoms with Gasteiger partial charge in [-0.25, -0.2) is 0 Å². The number of aliphatic carboxylic acids is 2. The number of carboxylic acids is 2. The molecule has 0 aliphatic carbocycles. The zero-order valence-corrected chi connectivity index (χ0v) is 10.4. The predicted molar refractivity (Wildman–Crippen MR) is 54.2 cm³/mol. The van der Waals surface area contributed by atoms with E-state index in [9.17, 15) is 9.59 Å². The van der Waals surface area contributed by atoms with Crippen LogP contribution in [0.3, 0.4) is 0 Å². The van der Waals surface area contributed by atoms with Crippen LogP contribution in [0.1, 0.15) is 33.1 Å². The summed E-state index contributed by atoms with van der Waals surface area (Å²) in [6, 6.07) is 0. The monoisotopic (exact) mass is 206 g/mol. The normalized spacial score (nSPS) is 9.15. The molecule has 0 amide bonds. The third kappa shape index (κ3) is 35.2. The minimum absolute atomic E-state index is 0.0632. The Kier molecular flexibility index (Phi) is 10.4. The zero-order chi connectivity index (χ0) is 10.9. The van der Waals surface area contributed by atoms with Gasteiger partial charge in [0, 0.05) is 23.1 Å². The minimum Gasteiger partial charge on any atom is -0.481 e. The van der Waals surface area contributed by atoms with Crippen molar-refractivity contribution >= 4 is 22.2 Å². The maximum absolute atomic E-state index is 9.79. The van der Waals surface area contributed by atoms with Crippen LogP contribution in [0.25, 0.3) is 0 Å². The predicted octanol–water partition coefficient (Wildman–Crippen LogP) is 0.506. The molecule has 0 aliphatic heterocycles. The van der Waals surface area contributed by atoms with E-state index in [-0.39, 0.29) is 19.3 Å². The molecule has 0 aromatic carbocycles. The average Bonchev–Trinajstić information content (AvgIpc) is 1.83. The third-order valence-electron chi connectivity index (χ3n) is 0.781. The van der Waals surface area contributed by atoms with E-state index in [1.54, 1.807) is 0 Å². The van der Waals surface area contributed by atoms with Crippen molar-refractivity contribution in [3.8, 4) is 0 Å². The van der Waals surface area contributed by atoms with Crippen molar-refractivity contribution in [2.24, 2.45) is 0 Å². The molecule has 0 saturated carbocycles. The van der Waals surface area contributed by atoms with E-state index in [0.29, 0.717) is 0 Å². The van der Waals surface area contributed by atoms with Gasteiger partial charge < -0.3 is 10.2 Å². The Bertz CT molecular complexity index is 139. The van der Waals surface area contributed by atoms with E-state index in [4.69, 9.17) is 10.2 Å². The maximum atomic E-state index is 9.79. The SMILES string of the molecule is CC(C)[SiH3].O=C(O)CCCC(=O)O. The summed E-state index contributed by atoms with van der Waals surface area (Å²) in [6.07, 6.45) is 0.0866. The highest BCUT2D eigenvalue weighted by Crippen LogP contribution is 1.93. The molecule has 0 atom stereocenters. The quantitative estimate of drug-likeness (QED) is 0.657. The van der Waals surface area contributed by atoms with Gasteiger partial charge in [-0.15, -0.1) is 0 Å². The fourth-order valence-corrected chi connectivity index (χ4v) is 0.391. The van der Waals surface area contributed by atoms with Crippen molar-refractivity contribution in [3.05, 3.63) is 0 Å². The average molecular weight is 206 g/mol. The van der Waals surface area contributed by atoms with Gasteiger partial charge in [-0.2, -0.15) is 0 Å². The summed E-state index contributed by atoms with van der Waals surface area (Å²) in [5.74, 6) is -1.90. The molecular weight excluding hydrogens is 188 g/mol. The highest BCUT2D eigenvalue weighted by Gasteiger charge is 1.99. The van der Waals surface area contributed by atoms with Crippen molar-refractivity contribution < 1.29 is 19.8 Å². The zero-order valence-electron chi connectivity index (χ0n) is 8.41. The molecule has 2 N–H and O–H groups in total. The van der Waals surface area contributed by atoms with Gasteiger partial charge in [-0.3, -0.25) is 9.59 Å². The summed E-state index contributed by atoms with van der Waals surface area (Å²) in [5, 5.41) is 16.1. The molecule has 5 heteroatoms. The maximum Gasteiger partial charge on any atom is 0.303 e. The molecule has 0 aromatic rings. The standard InChI is InChI=1S/C5H8O4.C3H10Si/c6-4(7)2-1-3-5(8)9;1-3(2)4/h1-3H2,(H,6,7)(H,8,9);3H,1-2,4H3. The number of carbonyl (C=O) groups is 2. The summed E-state index contributed by atoms with van der Waals surface area (Å²) in [4.78, 5) is 19.6. The molecule has 0 radical (unpaired) electrons. The number of hydrogen-bond acceptors (Lipinski definition) is 2. The second-order valence-corrected chi connectivity index (χ2v) is 5.68. The first kappa shape index (κ1) is 14.7. The Hall–Kier alpha value is -0.843. The molecule has 0 saturated heterocycles. The van der Waals surface area contributed by atoms with Gasteiger partial charge in [0.15, 0.2) is 0 Å². The highest BCUT2D eigenvalue weighted by atomic mass is 28.1. The van der Waals surface area contributed by atoms with Crippen LogP contribution in [0, 0.1) is 0 Å². The summed E-state index contributed by atoms with van der Waals surface area (Å²) in [5.41, 5.74) is 0.972. The Morgan fingerprint density at radius 2 is 1.38 bits per heavy atom. The largest absolute Gasteiger partial charge is 0.481 e. The lowest BCUT2D eigenvalue weighted by Crippen LogP contribution is -1.98. The molecule has 0 fully saturated rings. The molecule has 0 bridgehead atoms. The van der Waals surface area contributed by atoms with Gasteiger partial charge in [-0.05, 0) is 6.42 Å². The molecule has 13 heavy (non-hydrogen) atoms. The lowest BCUT2D eigenvalue weighted by molar-refractivity contribution is -0.138. The first-order valence-electron chi connectivity index (χ1n) is 4.29. The van der Waals surface area contributed by atoms with Gasteiger partial charge in [-0.1, -0.05) is 19.4 Å². The van der Waals surface area contributed by atoms with Crippen LogP contribution >= 0.6 is 0 Å². The summed E-state index contributed by atoms with van der Waals surface area (Å²) in [7, 11) is 1.35. The Balaban J connectivity index is 0. The van der Waals surface area contributed by atoms with E-state index < -0.39 is 11.9 Å². The second-order valence-electron chi connectivity index (χ2n) is 3.37. The highest BCUT2D eigenvalue weighted by molar-refractivity contribution is 6.10. The van der Waals surface area contributed by atoms with Crippen molar-refractivity contribution in [2.45, 2.75) is 38.7 Å². The van der Waals surface area contributed by atoms with E-state index in [0.717, 1.165) is 5.54 Å². The first-order chi connectivity index (χ1) is 5.86. The van der Waals surface area contributed by atoms with Crippen LogP contribution in [0.15, 0.2) is 0 Å². The second kappa shape index (κ2) is 9.25. The third-order valence-corrected chi connectivity index (χ3v) is 0.781. The number of carboxylic acid groups (broad SMARTS) is 2. The Labute approximate surface area is 81.4 Å². The molecule has 4 nitrogen and oxygen atoms in total. The summed E-state index contributed by atoms with van der Waals surface area (Å²) >= 11 is 0. The lowest BCUT2D eigenvalue weighted by Gasteiger charge is -1.89. The minimum atomic E-state index is -0.948. The molecular formula is C8H18O4Si. The molecule has 78 valence electrons. The van der Waals surface area contributed by atoms with Crippen LogP contribution in [0.4, 0.5) is 0 Å². The fraction of sp³-hybridized carbons (Fsp3) is 0.750. The Morgan fingerprint density at radius 1 is 1.15 bits per heavy atom. The van der Waals surface area contributed by atoms with Gasteiger partial charge in [0.2, 0.25) is 0 Å². The smallest absolute Gasteiger partial charge is 0.303 e. The van der Waals surface area contributed by atoms with E-state index in [2.05, 4.69) is 13.8 Å². The number of hydrogen-bond donors (Lipinski definition) is 2. The van der Waals surface area contributed by atoms with Crippen LogP contribution in [0.2, 0.25) is 5.54 Å². The van der Waals surface area contributed by atoms with E-state index in [1.807, 2.05) is 0 Å². The molecule has 0 aromatic heterocycles. The van der Waals surface area contributed by atoms with E-state index in [1.165, 1.54) is 10.2 Å². The molecule has 0 heterocycles. The van der Waals surface area contributed by atoms with Crippen molar-refractivity contribution in [1.82, 2.24) is 0 Å². The van der Waals surface area contributed by atoms with Crippen LogP contribution < -0.4 is 0 Å². The van der Waals surface area contributed by atoms with Crippen molar-refractivity contribution in [3.63, 3.8) is 0 Å². The molecule has 0 aliphatic rings. The van der Waals surface area contributed by atoms with Crippen molar-refractivity contribution in [1.29, 1.82) is 0 Å². The topological polar surface area (TPSA) is 74.6 Å². The van der Waals surface area contributed by atoms with Gasteiger partial charge in [0.05, 0.1) is 0 Å². The molecule has 0 rings (SSSR count). The lowest BCUT2D eigenvalue weighted by atomic mass is 10.2. The van der Waals surface area contributed by atoms with Crippen LogP contribution in [0.5, 0.6) is 0 Å². The van der Waals surface area contributed by atoms with Gasteiger partial charge in [0.25, 0.3) is 0 Å².